The van der Waals surface area contributed by atoms with Crippen LogP contribution >= 0.6 is 0 Å². The van der Waals surface area contributed by atoms with E-state index in [1.807, 2.05) is 12.2 Å². The molecule has 1 fully saturated rings. The zero-order valence-electron chi connectivity index (χ0n) is 14.6. The van der Waals surface area contributed by atoms with Crippen LogP contribution in [-0.2, 0) is 4.79 Å². The van der Waals surface area contributed by atoms with E-state index >= 15 is 0 Å². The molecule has 0 radical (unpaired) electrons. The van der Waals surface area contributed by atoms with Gasteiger partial charge in [-0.1, -0.05) is 50.5 Å². The number of unbranched alkanes of at least 4 members (excludes halogenated alkanes) is 2. The molecule has 0 aromatic heterocycles. The molecule has 1 aliphatic carbocycles. The molecule has 1 unspecified atom stereocenters. The summed E-state index contributed by atoms with van der Waals surface area (Å²) in [5, 5.41) is 18.5. The number of carbonyl (C=O) groups is 1. The van der Waals surface area contributed by atoms with Gasteiger partial charge in [0, 0.05) is 6.42 Å². The highest BCUT2D eigenvalue weighted by molar-refractivity contribution is 5.66. The maximum atomic E-state index is 10.5. The Balaban J connectivity index is 2.13. The third-order valence-electron chi connectivity index (χ3n) is 4.83. The second-order valence-electron chi connectivity index (χ2n) is 6.90. The standard InChI is InChI=1S/C20H34O3/c1-2-3-4-10-19(21)11-6-5-8-17-13-15-18(16-14-17)9-7-12-20(22)23/h5-6,8,11,17-19,21H,2-4,7,9-10,12-16H2,1H3,(H,22,23). The molecular formula is C20H34O3. The highest BCUT2D eigenvalue weighted by atomic mass is 16.4. The normalized spacial score (nSPS) is 23.6. The van der Waals surface area contributed by atoms with Crippen LogP contribution in [0.4, 0.5) is 0 Å². The van der Waals surface area contributed by atoms with Crippen LogP contribution in [0, 0.1) is 11.8 Å². The molecular weight excluding hydrogens is 288 g/mol. The number of carboxylic acids is 1. The Kier molecular flexibility index (Phi) is 10.7. The third kappa shape index (κ3) is 10.3. The minimum absolute atomic E-state index is 0.309. The molecule has 0 aromatic carbocycles. The minimum Gasteiger partial charge on any atom is -0.481 e. The molecule has 0 spiro atoms. The summed E-state index contributed by atoms with van der Waals surface area (Å²) in [5.74, 6) is 0.688. The van der Waals surface area contributed by atoms with Crippen molar-refractivity contribution in [2.45, 2.75) is 83.7 Å². The van der Waals surface area contributed by atoms with E-state index in [1.165, 1.54) is 38.5 Å². The lowest BCUT2D eigenvalue weighted by molar-refractivity contribution is -0.137. The molecule has 1 atom stereocenters. The number of aliphatic carboxylic acids is 1. The average Bonchev–Trinajstić information content (AvgIpc) is 2.53. The van der Waals surface area contributed by atoms with Crippen LogP contribution in [0.5, 0.6) is 0 Å². The summed E-state index contributed by atoms with van der Waals surface area (Å²) in [7, 11) is 0. The van der Waals surface area contributed by atoms with Crippen molar-refractivity contribution < 1.29 is 15.0 Å². The topological polar surface area (TPSA) is 57.5 Å². The lowest BCUT2D eigenvalue weighted by Crippen LogP contribution is -2.13. The molecule has 132 valence electrons. The lowest BCUT2D eigenvalue weighted by atomic mass is 9.79. The van der Waals surface area contributed by atoms with Gasteiger partial charge < -0.3 is 10.2 Å². The van der Waals surface area contributed by atoms with Gasteiger partial charge >= 0.3 is 5.97 Å². The Morgan fingerprint density at radius 2 is 1.87 bits per heavy atom. The molecule has 0 bridgehead atoms. The monoisotopic (exact) mass is 322 g/mol. The average molecular weight is 322 g/mol. The quantitative estimate of drug-likeness (QED) is 0.411. The number of allylic oxidation sites excluding steroid dienone is 3. The Labute approximate surface area is 141 Å². The molecule has 23 heavy (non-hydrogen) atoms. The zero-order chi connectivity index (χ0) is 16.9. The fraction of sp³-hybridized carbons (Fsp3) is 0.750. The summed E-state index contributed by atoms with van der Waals surface area (Å²) in [4.78, 5) is 10.5. The molecule has 1 saturated carbocycles. The van der Waals surface area contributed by atoms with Crippen LogP contribution in [0.2, 0.25) is 0 Å². The number of aliphatic hydroxyl groups is 1. The van der Waals surface area contributed by atoms with Gasteiger partial charge in [0.2, 0.25) is 0 Å². The highest BCUT2D eigenvalue weighted by Crippen LogP contribution is 2.32. The molecule has 2 N–H and O–H groups in total. The van der Waals surface area contributed by atoms with Crippen molar-refractivity contribution in [2.75, 3.05) is 0 Å². The summed E-state index contributed by atoms with van der Waals surface area (Å²) in [5.41, 5.74) is 0. The third-order valence-corrected chi connectivity index (χ3v) is 4.83. The number of hydrogen-bond acceptors (Lipinski definition) is 2. The second kappa shape index (κ2) is 12.3. The first-order valence-corrected chi connectivity index (χ1v) is 9.36. The first kappa shape index (κ1) is 20.0. The van der Waals surface area contributed by atoms with Crippen LogP contribution in [0.1, 0.15) is 77.6 Å². The van der Waals surface area contributed by atoms with E-state index in [0.717, 1.165) is 31.6 Å². The summed E-state index contributed by atoms with van der Waals surface area (Å²) in [6.07, 6.45) is 19.3. The van der Waals surface area contributed by atoms with Crippen molar-refractivity contribution in [3.8, 4) is 0 Å². The van der Waals surface area contributed by atoms with Crippen molar-refractivity contribution in [1.29, 1.82) is 0 Å². The number of hydrogen-bond donors (Lipinski definition) is 2. The fourth-order valence-electron chi connectivity index (χ4n) is 3.32. The number of aliphatic hydroxyl groups excluding tert-OH is 1. The van der Waals surface area contributed by atoms with Gasteiger partial charge in [-0.25, -0.2) is 0 Å². The predicted octanol–water partition coefficient (Wildman–Crippen LogP) is 5.10. The minimum atomic E-state index is -0.676. The smallest absolute Gasteiger partial charge is 0.303 e. The molecule has 0 heterocycles. The van der Waals surface area contributed by atoms with Gasteiger partial charge in [-0.3, -0.25) is 4.79 Å². The Bertz CT molecular complexity index is 365. The van der Waals surface area contributed by atoms with Crippen molar-refractivity contribution >= 4 is 5.97 Å². The number of rotatable bonds is 11. The van der Waals surface area contributed by atoms with Gasteiger partial charge in [-0.2, -0.15) is 0 Å². The summed E-state index contributed by atoms with van der Waals surface area (Å²) in [6, 6.07) is 0. The van der Waals surface area contributed by atoms with Crippen molar-refractivity contribution in [3.05, 3.63) is 24.3 Å². The number of carboxylic acid groups (broad SMARTS) is 1. The molecule has 0 aliphatic heterocycles. The van der Waals surface area contributed by atoms with Gasteiger partial charge in [0.1, 0.15) is 0 Å². The van der Waals surface area contributed by atoms with Crippen LogP contribution in [-0.4, -0.2) is 22.3 Å². The molecule has 3 heteroatoms. The van der Waals surface area contributed by atoms with Crippen molar-refractivity contribution in [3.63, 3.8) is 0 Å². The van der Waals surface area contributed by atoms with Crippen LogP contribution in [0.3, 0.4) is 0 Å². The van der Waals surface area contributed by atoms with E-state index in [9.17, 15) is 9.90 Å². The van der Waals surface area contributed by atoms with E-state index in [0.29, 0.717) is 12.3 Å². The van der Waals surface area contributed by atoms with E-state index < -0.39 is 5.97 Å². The van der Waals surface area contributed by atoms with E-state index in [4.69, 9.17) is 5.11 Å². The molecule has 0 amide bonds. The zero-order valence-corrected chi connectivity index (χ0v) is 14.6. The van der Waals surface area contributed by atoms with Crippen LogP contribution in [0.25, 0.3) is 0 Å². The van der Waals surface area contributed by atoms with Crippen LogP contribution < -0.4 is 0 Å². The van der Waals surface area contributed by atoms with E-state index in [2.05, 4.69) is 19.1 Å². The fourth-order valence-corrected chi connectivity index (χ4v) is 3.32. The predicted molar refractivity (Wildman–Crippen MR) is 95.4 cm³/mol. The first-order valence-electron chi connectivity index (χ1n) is 9.36. The van der Waals surface area contributed by atoms with Crippen LogP contribution in [0.15, 0.2) is 24.3 Å². The Morgan fingerprint density at radius 3 is 2.52 bits per heavy atom. The maximum Gasteiger partial charge on any atom is 0.303 e. The highest BCUT2D eigenvalue weighted by Gasteiger charge is 2.19. The molecule has 1 rings (SSSR count). The summed E-state index contributed by atoms with van der Waals surface area (Å²) in [6.45, 7) is 2.17. The Hall–Kier alpha value is -1.09. The largest absolute Gasteiger partial charge is 0.481 e. The van der Waals surface area contributed by atoms with Gasteiger partial charge in [0.25, 0.3) is 0 Å². The van der Waals surface area contributed by atoms with Gasteiger partial charge in [0.15, 0.2) is 0 Å². The summed E-state index contributed by atoms with van der Waals surface area (Å²) < 4.78 is 0. The molecule has 3 nitrogen and oxygen atoms in total. The molecule has 0 saturated heterocycles. The molecule has 0 aromatic rings. The van der Waals surface area contributed by atoms with E-state index in [1.54, 1.807) is 0 Å². The van der Waals surface area contributed by atoms with Crippen molar-refractivity contribution in [1.82, 2.24) is 0 Å². The maximum absolute atomic E-state index is 10.5. The van der Waals surface area contributed by atoms with Gasteiger partial charge in [-0.15, -0.1) is 0 Å². The van der Waals surface area contributed by atoms with E-state index in [-0.39, 0.29) is 6.10 Å². The van der Waals surface area contributed by atoms with Gasteiger partial charge in [0.05, 0.1) is 6.10 Å². The first-order chi connectivity index (χ1) is 11.1. The summed E-state index contributed by atoms with van der Waals surface area (Å²) >= 11 is 0. The van der Waals surface area contributed by atoms with Gasteiger partial charge in [-0.05, 0) is 56.8 Å². The molecule has 1 aliphatic rings. The SMILES string of the molecule is CCCCCC(O)C=CC=CC1CCC(CCCC(=O)O)CC1. The lowest BCUT2D eigenvalue weighted by Gasteiger charge is -2.26. The second-order valence-corrected chi connectivity index (χ2v) is 6.90. The Morgan fingerprint density at radius 1 is 1.13 bits per heavy atom. The van der Waals surface area contributed by atoms with Crippen molar-refractivity contribution in [2.24, 2.45) is 11.8 Å².